The molecule has 0 unspecified atom stereocenters. The van der Waals surface area contributed by atoms with Gasteiger partial charge in [-0.25, -0.2) is 0 Å². The van der Waals surface area contributed by atoms with Crippen molar-refractivity contribution in [2.45, 2.75) is 83.8 Å². The number of carbonyl (C=O) groups excluding carboxylic acids is 2. The lowest BCUT2D eigenvalue weighted by atomic mass is 9.91. The summed E-state index contributed by atoms with van der Waals surface area (Å²) in [6, 6.07) is 12.1. The molecular formula is C28H34N4O2S. The highest BCUT2D eigenvalue weighted by molar-refractivity contribution is 7.13. The molecule has 1 aliphatic carbocycles. The molecule has 3 heterocycles. The van der Waals surface area contributed by atoms with E-state index in [1.807, 2.05) is 62.5 Å². The van der Waals surface area contributed by atoms with E-state index >= 15 is 0 Å². The zero-order chi connectivity index (χ0) is 24.6. The Kier molecular flexibility index (Phi) is 6.53. The number of nitrogens with one attached hydrogen (secondary N) is 1. The summed E-state index contributed by atoms with van der Waals surface area (Å²) >= 11 is 1.60. The number of aromatic nitrogens is 2. The minimum Gasteiger partial charge on any atom is -0.351 e. The average molecular weight is 491 g/mol. The van der Waals surface area contributed by atoms with Gasteiger partial charge in [-0.3, -0.25) is 19.2 Å². The summed E-state index contributed by atoms with van der Waals surface area (Å²) in [5, 5.41) is 10.1. The van der Waals surface area contributed by atoms with Crippen LogP contribution in [0.25, 0.3) is 10.6 Å². The van der Waals surface area contributed by atoms with Crippen LogP contribution in [-0.4, -0.2) is 33.2 Å². The molecule has 0 spiro atoms. The molecule has 5 rings (SSSR count). The van der Waals surface area contributed by atoms with E-state index < -0.39 is 5.54 Å². The molecule has 1 aromatic carbocycles. The van der Waals surface area contributed by atoms with E-state index in [1.165, 1.54) is 19.3 Å². The maximum absolute atomic E-state index is 14.1. The number of amides is 2. The van der Waals surface area contributed by atoms with Crippen LogP contribution < -0.4 is 10.2 Å². The Hall–Kier alpha value is -2.93. The van der Waals surface area contributed by atoms with Gasteiger partial charge >= 0.3 is 0 Å². The number of benzene rings is 1. The standard InChI is InChI=1S/C28H34N4O2S/c1-19-13-14-20(2)23(16-19)32-26(33)24-17-22(25-12-9-15-35-25)30-31(24)18-28(32,3)27(34)29-21-10-7-5-4-6-8-11-21/h9,12-17,21H,4-8,10-11,18H2,1-3H3,(H,29,34)/t28-/m0/s1. The van der Waals surface area contributed by atoms with Crippen LogP contribution in [0.15, 0.2) is 41.8 Å². The predicted octanol–water partition coefficient (Wildman–Crippen LogP) is 5.88. The second-order valence-corrected chi connectivity index (χ2v) is 11.2. The highest BCUT2D eigenvalue weighted by atomic mass is 32.1. The molecule has 0 bridgehead atoms. The Morgan fingerprint density at radius 1 is 1.09 bits per heavy atom. The summed E-state index contributed by atoms with van der Waals surface area (Å²) < 4.78 is 1.73. The number of carbonyl (C=O) groups is 2. The fourth-order valence-electron chi connectivity index (χ4n) is 5.41. The van der Waals surface area contributed by atoms with Gasteiger partial charge in [-0.05, 0) is 68.3 Å². The van der Waals surface area contributed by atoms with E-state index in [0.717, 1.165) is 53.1 Å². The number of thiophene rings is 1. The summed E-state index contributed by atoms with van der Waals surface area (Å²) in [5.74, 6) is -0.285. The number of anilines is 1. The number of hydrogen-bond acceptors (Lipinski definition) is 4. The zero-order valence-corrected chi connectivity index (χ0v) is 21.7. The first-order valence-corrected chi connectivity index (χ1v) is 13.6. The van der Waals surface area contributed by atoms with Crippen LogP contribution in [0.4, 0.5) is 5.69 Å². The second kappa shape index (κ2) is 9.61. The van der Waals surface area contributed by atoms with Crippen LogP contribution in [-0.2, 0) is 11.3 Å². The Balaban J connectivity index is 1.55. The van der Waals surface area contributed by atoms with Crippen molar-refractivity contribution in [2.75, 3.05) is 4.90 Å². The van der Waals surface area contributed by atoms with Gasteiger partial charge < -0.3 is 5.32 Å². The van der Waals surface area contributed by atoms with Gasteiger partial charge in [0.15, 0.2) is 0 Å². The maximum Gasteiger partial charge on any atom is 0.277 e. The lowest BCUT2D eigenvalue weighted by Crippen LogP contribution is -2.65. The first-order valence-electron chi connectivity index (χ1n) is 12.7. The number of fused-ring (bicyclic) bond motifs is 1. The second-order valence-electron chi connectivity index (χ2n) is 10.3. The van der Waals surface area contributed by atoms with Crippen LogP contribution in [0.3, 0.4) is 0 Å². The van der Waals surface area contributed by atoms with Gasteiger partial charge in [0.25, 0.3) is 5.91 Å². The highest BCUT2D eigenvalue weighted by Gasteiger charge is 2.49. The smallest absolute Gasteiger partial charge is 0.277 e. The normalized spacial score (nSPS) is 21.3. The molecular weight excluding hydrogens is 456 g/mol. The van der Waals surface area contributed by atoms with E-state index in [4.69, 9.17) is 5.10 Å². The monoisotopic (exact) mass is 490 g/mol. The predicted molar refractivity (Wildman–Crippen MR) is 141 cm³/mol. The number of hydrogen-bond donors (Lipinski definition) is 1. The molecule has 0 saturated heterocycles. The molecule has 2 aromatic heterocycles. The molecule has 2 amide bonds. The van der Waals surface area contributed by atoms with E-state index in [-0.39, 0.29) is 17.9 Å². The van der Waals surface area contributed by atoms with Gasteiger partial charge in [-0.2, -0.15) is 5.10 Å². The maximum atomic E-state index is 14.1. The summed E-state index contributed by atoms with van der Waals surface area (Å²) in [5.41, 5.74) is 3.01. The number of nitrogens with zero attached hydrogens (tertiary/aromatic N) is 3. The third-order valence-corrected chi connectivity index (χ3v) is 8.35. The van der Waals surface area contributed by atoms with Crippen molar-refractivity contribution < 1.29 is 9.59 Å². The molecule has 0 radical (unpaired) electrons. The average Bonchev–Trinajstić information content (AvgIpc) is 3.48. The van der Waals surface area contributed by atoms with Gasteiger partial charge in [-0.15, -0.1) is 11.3 Å². The molecule has 6 nitrogen and oxygen atoms in total. The van der Waals surface area contributed by atoms with Gasteiger partial charge in [0.1, 0.15) is 16.9 Å². The molecule has 2 aliphatic rings. The third kappa shape index (κ3) is 4.54. The minimum absolute atomic E-state index is 0.101. The Labute approximate surface area is 211 Å². The van der Waals surface area contributed by atoms with Crippen molar-refractivity contribution >= 4 is 28.8 Å². The molecule has 1 saturated carbocycles. The SMILES string of the molecule is Cc1ccc(C)c(N2C(=O)c3cc(-c4cccs4)nn3C[C@@]2(C)C(=O)NC2CCCCCCC2)c1. The van der Waals surface area contributed by atoms with Crippen molar-refractivity contribution in [3.63, 3.8) is 0 Å². The topological polar surface area (TPSA) is 67.2 Å². The minimum atomic E-state index is -1.09. The fourth-order valence-corrected chi connectivity index (χ4v) is 6.09. The van der Waals surface area contributed by atoms with E-state index in [0.29, 0.717) is 12.2 Å². The number of rotatable bonds is 4. The van der Waals surface area contributed by atoms with Gasteiger partial charge in [0.2, 0.25) is 5.91 Å². The molecule has 184 valence electrons. The van der Waals surface area contributed by atoms with Crippen molar-refractivity contribution in [3.05, 3.63) is 58.6 Å². The summed E-state index contributed by atoms with van der Waals surface area (Å²) in [7, 11) is 0. The first-order chi connectivity index (χ1) is 16.9. The van der Waals surface area contributed by atoms with Crippen LogP contribution in [0, 0.1) is 13.8 Å². The van der Waals surface area contributed by atoms with Crippen LogP contribution >= 0.6 is 11.3 Å². The molecule has 7 heteroatoms. The fraction of sp³-hybridized carbons (Fsp3) is 0.464. The van der Waals surface area contributed by atoms with Gasteiger partial charge in [0, 0.05) is 11.7 Å². The molecule has 1 aliphatic heterocycles. The third-order valence-electron chi connectivity index (χ3n) is 7.46. The quantitative estimate of drug-likeness (QED) is 0.497. The molecule has 1 fully saturated rings. The molecule has 35 heavy (non-hydrogen) atoms. The van der Waals surface area contributed by atoms with Crippen molar-refractivity contribution in [3.8, 4) is 10.6 Å². The van der Waals surface area contributed by atoms with E-state index in [2.05, 4.69) is 5.32 Å². The van der Waals surface area contributed by atoms with Gasteiger partial charge in [-0.1, -0.05) is 50.3 Å². The van der Waals surface area contributed by atoms with E-state index in [9.17, 15) is 9.59 Å². The Morgan fingerprint density at radius 2 is 1.83 bits per heavy atom. The van der Waals surface area contributed by atoms with Crippen molar-refractivity contribution in [1.82, 2.24) is 15.1 Å². The Bertz CT molecular complexity index is 1220. The Morgan fingerprint density at radius 3 is 2.54 bits per heavy atom. The lowest BCUT2D eigenvalue weighted by molar-refractivity contribution is -0.127. The van der Waals surface area contributed by atoms with Crippen LogP contribution in [0.2, 0.25) is 0 Å². The van der Waals surface area contributed by atoms with Crippen molar-refractivity contribution in [1.29, 1.82) is 0 Å². The highest BCUT2D eigenvalue weighted by Crippen LogP contribution is 2.37. The summed E-state index contributed by atoms with van der Waals surface area (Å²) in [6.45, 7) is 6.21. The first kappa shape index (κ1) is 23.8. The van der Waals surface area contributed by atoms with Gasteiger partial charge in [0.05, 0.1) is 11.4 Å². The number of aryl methyl sites for hydroxylation is 2. The zero-order valence-electron chi connectivity index (χ0n) is 20.8. The molecule has 3 aromatic rings. The summed E-state index contributed by atoms with van der Waals surface area (Å²) in [6.07, 6.45) is 7.98. The lowest BCUT2D eigenvalue weighted by Gasteiger charge is -2.44. The summed E-state index contributed by atoms with van der Waals surface area (Å²) in [4.78, 5) is 30.8. The largest absolute Gasteiger partial charge is 0.351 e. The molecule has 1 N–H and O–H groups in total. The molecule has 1 atom stereocenters. The van der Waals surface area contributed by atoms with Crippen LogP contribution in [0.1, 0.15) is 73.5 Å². The van der Waals surface area contributed by atoms with Crippen LogP contribution in [0.5, 0.6) is 0 Å². The van der Waals surface area contributed by atoms with E-state index in [1.54, 1.807) is 20.9 Å². The van der Waals surface area contributed by atoms with Crippen molar-refractivity contribution in [2.24, 2.45) is 0 Å².